The molecule has 5 nitrogen and oxygen atoms in total. The molecule has 2 aliphatic rings. The van der Waals surface area contributed by atoms with Crippen LogP contribution in [-0.2, 0) is 11.2 Å². The molecule has 1 aromatic heterocycles. The lowest BCUT2D eigenvalue weighted by Gasteiger charge is -2.45. The Kier molecular flexibility index (Phi) is 4.75. The van der Waals surface area contributed by atoms with Crippen LogP contribution < -0.4 is 10.4 Å². The second-order valence-corrected chi connectivity index (χ2v) is 7.90. The number of aliphatic hydroxyl groups is 1. The Labute approximate surface area is 149 Å². The van der Waals surface area contributed by atoms with Gasteiger partial charge in [0.05, 0.1) is 18.3 Å². The molecule has 140 valence electrons. The van der Waals surface area contributed by atoms with Crippen molar-refractivity contribution in [3.63, 3.8) is 0 Å². The van der Waals surface area contributed by atoms with Crippen LogP contribution in [0.2, 0.25) is 0 Å². The van der Waals surface area contributed by atoms with Gasteiger partial charge in [-0.25, -0.2) is 4.79 Å². The standard InChI is InChI=1S/C20H30O5/c1-7-10(2)20-17(16(9-23-20)11(3)13(5)21)8-15-18(25-20)12(4)14(6)24-19(15)22/h10-11,13,16-17,21H,7-9H2,1-6H3/t10?,11?,13?,16-,17-,20-/m0/s1. The fourth-order valence-corrected chi connectivity index (χ4v) is 4.37. The van der Waals surface area contributed by atoms with E-state index in [1.807, 2.05) is 20.8 Å². The highest BCUT2D eigenvalue weighted by atomic mass is 16.7. The molecule has 0 bridgehead atoms. The number of ether oxygens (including phenoxy) is 2. The zero-order valence-electron chi connectivity index (χ0n) is 16.1. The normalized spacial score (nSPS) is 31.6. The zero-order chi connectivity index (χ0) is 18.5. The summed E-state index contributed by atoms with van der Waals surface area (Å²) in [5, 5.41) is 10.1. The van der Waals surface area contributed by atoms with Crippen molar-refractivity contribution < 1.29 is 19.0 Å². The number of fused-ring (bicyclic) bond motifs is 2. The maximum absolute atomic E-state index is 12.4. The Bertz CT molecular complexity index is 707. The molecule has 0 aromatic carbocycles. The van der Waals surface area contributed by atoms with Gasteiger partial charge in [-0.1, -0.05) is 20.8 Å². The summed E-state index contributed by atoms with van der Waals surface area (Å²) in [7, 11) is 0. The lowest BCUT2D eigenvalue weighted by atomic mass is 9.71. The van der Waals surface area contributed by atoms with E-state index in [2.05, 4.69) is 13.8 Å². The number of hydrogen-bond acceptors (Lipinski definition) is 5. The molecule has 3 rings (SSSR count). The number of hydrogen-bond donors (Lipinski definition) is 1. The van der Waals surface area contributed by atoms with E-state index in [0.717, 1.165) is 12.0 Å². The molecule has 0 aliphatic carbocycles. The van der Waals surface area contributed by atoms with Gasteiger partial charge in [0.2, 0.25) is 5.79 Å². The van der Waals surface area contributed by atoms with Gasteiger partial charge in [0.15, 0.2) is 0 Å². The van der Waals surface area contributed by atoms with Crippen LogP contribution in [0.5, 0.6) is 5.75 Å². The average molecular weight is 350 g/mol. The van der Waals surface area contributed by atoms with Crippen molar-refractivity contribution in [3.8, 4) is 5.75 Å². The molecule has 3 unspecified atom stereocenters. The quantitative estimate of drug-likeness (QED) is 0.903. The minimum Gasteiger partial charge on any atom is -0.461 e. The molecule has 1 fully saturated rings. The maximum Gasteiger partial charge on any atom is 0.342 e. The third-order valence-corrected chi connectivity index (χ3v) is 6.59. The molecule has 1 aromatic rings. The van der Waals surface area contributed by atoms with Crippen molar-refractivity contribution in [2.24, 2.45) is 23.7 Å². The van der Waals surface area contributed by atoms with Crippen molar-refractivity contribution in [3.05, 3.63) is 27.3 Å². The third kappa shape index (κ3) is 2.72. The fourth-order valence-electron chi connectivity index (χ4n) is 4.37. The molecule has 5 heteroatoms. The molecule has 6 atom stereocenters. The SMILES string of the molecule is CCC(C)[C@@]12OC[C@@H](C(C)C(C)O)[C@@H]1Cc1c(c(C)c(C)oc1=O)O2. The summed E-state index contributed by atoms with van der Waals surface area (Å²) in [6.07, 6.45) is 1.06. The van der Waals surface area contributed by atoms with E-state index in [0.29, 0.717) is 30.1 Å². The van der Waals surface area contributed by atoms with E-state index >= 15 is 0 Å². The number of rotatable bonds is 4. The Morgan fingerprint density at radius 3 is 2.56 bits per heavy atom. The Morgan fingerprint density at radius 2 is 1.96 bits per heavy atom. The van der Waals surface area contributed by atoms with E-state index < -0.39 is 11.9 Å². The minimum absolute atomic E-state index is 0.0320. The highest BCUT2D eigenvalue weighted by Crippen LogP contribution is 2.52. The van der Waals surface area contributed by atoms with Crippen LogP contribution in [-0.4, -0.2) is 23.6 Å². The van der Waals surface area contributed by atoms with E-state index in [4.69, 9.17) is 13.9 Å². The molecule has 0 radical (unpaired) electrons. The zero-order valence-corrected chi connectivity index (χ0v) is 16.1. The van der Waals surface area contributed by atoms with Crippen molar-refractivity contribution in [2.45, 2.75) is 66.3 Å². The highest BCUT2D eigenvalue weighted by Gasteiger charge is 2.59. The predicted molar refractivity (Wildman–Crippen MR) is 94.7 cm³/mol. The first kappa shape index (κ1) is 18.5. The Hall–Kier alpha value is -1.33. The summed E-state index contributed by atoms with van der Waals surface area (Å²) in [4.78, 5) is 12.4. The highest BCUT2D eigenvalue weighted by molar-refractivity contribution is 5.43. The van der Waals surface area contributed by atoms with Gasteiger partial charge < -0.3 is 19.0 Å². The molecule has 25 heavy (non-hydrogen) atoms. The molecule has 0 spiro atoms. The van der Waals surface area contributed by atoms with Gasteiger partial charge in [-0.05, 0) is 45.4 Å². The second-order valence-electron chi connectivity index (χ2n) is 7.90. The van der Waals surface area contributed by atoms with Gasteiger partial charge in [0.25, 0.3) is 0 Å². The average Bonchev–Trinajstić information content (AvgIpc) is 2.96. The van der Waals surface area contributed by atoms with E-state index in [1.165, 1.54) is 0 Å². The first-order chi connectivity index (χ1) is 11.7. The van der Waals surface area contributed by atoms with Crippen molar-refractivity contribution in [2.75, 3.05) is 6.61 Å². The van der Waals surface area contributed by atoms with Crippen molar-refractivity contribution >= 4 is 0 Å². The molecule has 1 saturated heterocycles. The topological polar surface area (TPSA) is 68.9 Å². The molecular weight excluding hydrogens is 320 g/mol. The third-order valence-electron chi connectivity index (χ3n) is 6.59. The van der Waals surface area contributed by atoms with E-state index in [1.54, 1.807) is 6.92 Å². The van der Waals surface area contributed by atoms with Crippen LogP contribution >= 0.6 is 0 Å². The van der Waals surface area contributed by atoms with Gasteiger partial charge in [-0.3, -0.25) is 0 Å². The molecule has 3 heterocycles. The van der Waals surface area contributed by atoms with Crippen LogP contribution in [0.1, 0.15) is 51.0 Å². The molecule has 1 N–H and O–H groups in total. The first-order valence-electron chi connectivity index (χ1n) is 9.37. The molecular formula is C20H30O5. The Balaban J connectivity index is 2.12. The van der Waals surface area contributed by atoms with Crippen LogP contribution in [0.25, 0.3) is 0 Å². The van der Waals surface area contributed by atoms with Crippen LogP contribution in [0, 0.1) is 37.5 Å². The number of aliphatic hydroxyl groups excluding tert-OH is 1. The Morgan fingerprint density at radius 1 is 1.28 bits per heavy atom. The summed E-state index contributed by atoms with van der Waals surface area (Å²) in [6, 6.07) is 0. The predicted octanol–water partition coefficient (Wildman–Crippen LogP) is 3.21. The summed E-state index contributed by atoms with van der Waals surface area (Å²) >= 11 is 0. The van der Waals surface area contributed by atoms with Gasteiger partial charge in [0.1, 0.15) is 11.5 Å². The largest absolute Gasteiger partial charge is 0.461 e. The lowest BCUT2D eigenvalue weighted by Crippen LogP contribution is -2.53. The van der Waals surface area contributed by atoms with Gasteiger partial charge >= 0.3 is 5.63 Å². The number of aryl methyl sites for hydroxylation is 1. The van der Waals surface area contributed by atoms with Crippen molar-refractivity contribution in [1.29, 1.82) is 0 Å². The summed E-state index contributed by atoms with van der Waals surface area (Å²) in [6.45, 7) is 12.4. The van der Waals surface area contributed by atoms with Crippen LogP contribution in [0.15, 0.2) is 9.21 Å². The smallest absolute Gasteiger partial charge is 0.342 e. The lowest BCUT2D eigenvalue weighted by molar-refractivity contribution is -0.215. The second kappa shape index (κ2) is 6.44. The van der Waals surface area contributed by atoms with Crippen LogP contribution in [0.4, 0.5) is 0 Å². The first-order valence-corrected chi connectivity index (χ1v) is 9.37. The monoisotopic (exact) mass is 350 g/mol. The summed E-state index contributed by atoms with van der Waals surface area (Å²) in [5.74, 6) is 0.917. The van der Waals surface area contributed by atoms with Crippen molar-refractivity contribution in [1.82, 2.24) is 0 Å². The van der Waals surface area contributed by atoms with E-state index in [-0.39, 0.29) is 29.3 Å². The summed E-state index contributed by atoms with van der Waals surface area (Å²) < 4.78 is 18.2. The van der Waals surface area contributed by atoms with Gasteiger partial charge in [-0.2, -0.15) is 0 Å². The van der Waals surface area contributed by atoms with Gasteiger partial charge in [0, 0.05) is 17.4 Å². The molecule has 0 saturated carbocycles. The van der Waals surface area contributed by atoms with Crippen LogP contribution in [0.3, 0.4) is 0 Å². The maximum atomic E-state index is 12.4. The minimum atomic E-state index is -0.736. The molecule has 2 aliphatic heterocycles. The van der Waals surface area contributed by atoms with E-state index in [9.17, 15) is 9.90 Å². The molecule has 0 amide bonds. The summed E-state index contributed by atoms with van der Waals surface area (Å²) in [5.41, 5.74) is 1.16. The fraction of sp³-hybridized carbons (Fsp3) is 0.750. The van der Waals surface area contributed by atoms with Gasteiger partial charge in [-0.15, -0.1) is 0 Å².